The molecule has 112 valence electrons. The molecule has 0 aliphatic rings. The Morgan fingerprint density at radius 2 is 1.95 bits per heavy atom. The van der Waals surface area contributed by atoms with Crippen LogP contribution in [0.4, 0.5) is 0 Å². The van der Waals surface area contributed by atoms with Crippen molar-refractivity contribution in [2.45, 2.75) is 4.90 Å². The van der Waals surface area contributed by atoms with E-state index < -0.39 is 26.7 Å². The molecule has 1 aromatic carbocycles. The van der Waals surface area contributed by atoms with Crippen LogP contribution in [0.1, 0.15) is 10.4 Å². The highest BCUT2D eigenvalue weighted by Crippen LogP contribution is 2.27. The zero-order valence-electron chi connectivity index (χ0n) is 10.4. The lowest BCUT2D eigenvalue weighted by molar-refractivity contribution is 0.0956. The fraction of sp³-hybridized carbons (Fsp3) is 0.300. The number of carbonyl (C=O) groups excluding carboxylic acids is 1. The Morgan fingerprint density at radius 3 is 2.45 bits per heavy atom. The minimum absolute atomic E-state index is 0.00230. The van der Waals surface area contributed by atoms with Crippen LogP contribution in [0, 0.1) is 0 Å². The van der Waals surface area contributed by atoms with E-state index in [0.29, 0.717) is 0 Å². The van der Waals surface area contributed by atoms with Crippen molar-refractivity contribution < 1.29 is 17.4 Å². The van der Waals surface area contributed by atoms with Gasteiger partial charge in [0.2, 0.25) is 10.0 Å². The normalized spacial score (nSPS) is 13.0. The lowest BCUT2D eigenvalue weighted by Crippen LogP contribution is -2.28. The van der Waals surface area contributed by atoms with Crippen LogP contribution in [-0.2, 0) is 20.8 Å². The summed E-state index contributed by atoms with van der Waals surface area (Å²) in [7, 11) is -5.11. The van der Waals surface area contributed by atoms with Gasteiger partial charge in [0.05, 0.1) is 15.6 Å². The number of hydrogen-bond acceptors (Lipinski definition) is 4. The van der Waals surface area contributed by atoms with Crippen molar-refractivity contribution in [2.75, 3.05) is 18.6 Å². The molecular formula is C10H12Cl2N2O4S2. The minimum Gasteiger partial charge on any atom is -0.351 e. The van der Waals surface area contributed by atoms with Crippen LogP contribution in [0.5, 0.6) is 0 Å². The fourth-order valence-electron chi connectivity index (χ4n) is 1.32. The summed E-state index contributed by atoms with van der Waals surface area (Å²) in [6.45, 7) is 0.172. The third-order valence-electron chi connectivity index (χ3n) is 2.25. The lowest BCUT2D eigenvalue weighted by atomic mass is 10.2. The van der Waals surface area contributed by atoms with Crippen LogP contribution in [0.3, 0.4) is 0 Å². The quantitative estimate of drug-likeness (QED) is 0.809. The van der Waals surface area contributed by atoms with Gasteiger partial charge in [0.15, 0.2) is 0 Å². The van der Waals surface area contributed by atoms with Gasteiger partial charge >= 0.3 is 0 Å². The van der Waals surface area contributed by atoms with E-state index in [9.17, 15) is 17.4 Å². The fourth-order valence-corrected chi connectivity index (χ4v) is 3.12. The number of nitrogens with two attached hydrogens (primary N) is 1. The number of benzene rings is 1. The first-order chi connectivity index (χ1) is 9.12. The van der Waals surface area contributed by atoms with Gasteiger partial charge in [-0.2, -0.15) is 0 Å². The second-order valence-electron chi connectivity index (χ2n) is 3.84. The Morgan fingerprint density at radius 1 is 1.35 bits per heavy atom. The Bertz CT molecular complexity index is 661. The summed E-state index contributed by atoms with van der Waals surface area (Å²) in [6.07, 6.45) is 1.50. The van der Waals surface area contributed by atoms with Crippen LogP contribution >= 0.6 is 23.2 Å². The zero-order chi connectivity index (χ0) is 15.5. The van der Waals surface area contributed by atoms with E-state index in [2.05, 4.69) is 5.32 Å². The highest BCUT2D eigenvalue weighted by molar-refractivity contribution is 7.89. The van der Waals surface area contributed by atoms with Gasteiger partial charge in [0.25, 0.3) is 5.91 Å². The van der Waals surface area contributed by atoms with Crippen molar-refractivity contribution in [2.24, 2.45) is 5.14 Å². The summed E-state index contributed by atoms with van der Waals surface area (Å²) in [6, 6.07) is 2.15. The molecule has 1 amide bonds. The molecule has 0 spiro atoms. The Labute approximate surface area is 129 Å². The van der Waals surface area contributed by atoms with Crippen molar-refractivity contribution >= 4 is 49.9 Å². The van der Waals surface area contributed by atoms with Gasteiger partial charge in [-0.3, -0.25) is 9.00 Å². The topological polar surface area (TPSA) is 106 Å². The highest BCUT2D eigenvalue weighted by Gasteiger charge is 2.19. The summed E-state index contributed by atoms with van der Waals surface area (Å²) in [4.78, 5) is 11.5. The molecule has 1 aromatic rings. The van der Waals surface area contributed by atoms with Crippen LogP contribution < -0.4 is 10.5 Å². The Kier molecular flexibility index (Phi) is 5.96. The van der Waals surface area contributed by atoms with Crippen LogP contribution in [-0.4, -0.2) is 37.1 Å². The van der Waals surface area contributed by atoms with Crippen molar-refractivity contribution in [3.8, 4) is 0 Å². The maximum atomic E-state index is 11.9. The third kappa shape index (κ3) is 4.71. The Balaban J connectivity index is 3.06. The second-order valence-corrected chi connectivity index (χ2v) is 7.74. The smallest absolute Gasteiger partial charge is 0.252 e. The molecular weight excluding hydrogens is 347 g/mol. The van der Waals surface area contributed by atoms with E-state index in [1.807, 2.05) is 0 Å². The van der Waals surface area contributed by atoms with Crippen LogP contribution in [0.2, 0.25) is 10.0 Å². The summed E-state index contributed by atoms with van der Waals surface area (Å²) in [5, 5.41) is 7.30. The predicted molar refractivity (Wildman–Crippen MR) is 79.1 cm³/mol. The standard InChI is InChI=1S/C10H12Cl2N2O4S2/c1-19(16)3-2-14-10(15)6-4-9(20(13,17)18)8(12)5-7(6)11/h4-5H,2-3H2,1H3,(H,14,15)(H2,13,17,18). The summed E-state index contributed by atoms with van der Waals surface area (Å²) in [5.41, 5.74) is -0.0676. The van der Waals surface area contributed by atoms with Crippen molar-refractivity contribution in [1.29, 1.82) is 0 Å². The molecule has 0 saturated heterocycles. The van der Waals surface area contributed by atoms with E-state index in [1.165, 1.54) is 6.26 Å². The molecule has 0 radical (unpaired) electrons. The number of halogens is 2. The third-order valence-corrected chi connectivity index (χ3v) is 4.72. The molecule has 3 N–H and O–H groups in total. The zero-order valence-corrected chi connectivity index (χ0v) is 13.5. The predicted octanol–water partition coefficient (Wildman–Crippen LogP) is 0.749. The van der Waals surface area contributed by atoms with Crippen molar-refractivity contribution in [3.63, 3.8) is 0 Å². The van der Waals surface area contributed by atoms with Crippen LogP contribution in [0.15, 0.2) is 17.0 Å². The molecule has 1 unspecified atom stereocenters. The molecule has 0 aromatic heterocycles. The summed E-state index contributed by atoms with van der Waals surface area (Å²) < 4.78 is 33.5. The molecule has 0 aliphatic carbocycles. The summed E-state index contributed by atoms with van der Waals surface area (Å²) >= 11 is 11.6. The van der Waals surface area contributed by atoms with Crippen molar-refractivity contribution in [3.05, 3.63) is 27.7 Å². The molecule has 0 bridgehead atoms. The van der Waals surface area contributed by atoms with Crippen LogP contribution in [0.25, 0.3) is 0 Å². The SMILES string of the molecule is CS(=O)CCNC(=O)c1cc(S(N)(=O)=O)c(Cl)cc1Cl. The molecule has 0 saturated carbocycles. The van der Waals surface area contributed by atoms with E-state index in [1.54, 1.807) is 0 Å². The van der Waals surface area contributed by atoms with Gasteiger partial charge in [-0.25, -0.2) is 13.6 Å². The first-order valence-corrected chi connectivity index (χ1v) is 9.26. The molecule has 1 atom stereocenters. The molecule has 1 rings (SSSR count). The van der Waals surface area contributed by atoms with E-state index >= 15 is 0 Å². The largest absolute Gasteiger partial charge is 0.351 e. The van der Waals surface area contributed by atoms with Gasteiger partial charge in [-0.05, 0) is 12.1 Å². The highest BCUT2D eigenvalue weighted by atomic mass is 35.5. The number of sulfonamides is 1. The molecule has 0 heterocycles. The van der Waals surface area contributed by atoms with Gasteiger partial charge in [0, 0.05) is 29.4 Å². The molecule has 0 aliphatic heterocycles. The minimum atomic E-state index is -4.06. The number of primary sulfonamides is 1. The maximum absolute atomic E-state index is 11.9. The average Bonchev–Trinajstić information content (AvgIpc) is 2.26. The average molecular weight is 359 g/mol. The number of hydrogen-bond donors (Lipinski definition) is 2. The van der Waals surface area contributed by atoms with E-state index in [0.717, 1.165) is 12.1 Å². The van der Waals surface area contributed by atoms with Gasteiger partial charge in [0.1, 0.15) is 4.90 Å². The van der Waals surface area contributed by atoms with Crippen molar-refractivity contribution in [1.82, 2.24) is 5.32 Å². The van der Waals surface area contributed by atoms with E-state index in [4.69, 9.17) is 28.3 Å². The molecule has 0 fully saturated rings. The van der Waals surface area contributed by atoms with Gasteiger partial charge in [-0.15, -0.1) is 0 Å². The van der Waals surface area contributed by atoms with Gasteiger partial charge < -0.3 is 5.32 Å². The molecule has 6 nitrogen and oxygen atoms in total. The molecule has 20 heavy (non-hydrogen) atoms. The maximum Gasteiger partial charge on any atom is 0.252 e. The second kappa shape index (κ2) is 6.86. The van der Waals surface area contributed by atoms with E-state index in [-0.39, 0.29) is 32.8 Å². The first kappa shape index (κ1) is 17.4. The molecule has 10 heteroatoms. The Hall–Kier alpha value is -0.670. The number of carbonyl (C=O) groups is 1. The lowest BCUT2D eigenvalue weighted by Gasteiger charge is -2.09. The van der Waals surface area contributed by atoms with Gasteiger partial charge in [-0.1, -0.05) is 23.2 Å². The summed E-state index contributed by atoms with van der Waals surface area (Å²) in [5.74, 6) is -0.319. The monoisotopic (exact) mass is 358 g/mol. The number of amides is 1. The number of nitrogens with one attached hydrogen (secondary N) is 1. The number of rotatable bonds is 5. The first-order valence-electron chi connectivity index (χ1n) is 5.23.